The van der Waals surface area contributed by atoms with E-state index < -0.39 is 18.4 Å². The molecule has 0 amide bonds. The Kier molecular flexibility index (Phi) is 54.2. The predicted octanol–water partition coefficient (Wildman–Crippen LogP) is 18.7. The van der Waals surface area contributed by atoms with Crippen molar-refractivity contribution < 1.29 is 42.9 Å². The lowest BCUT2D eigenvalue weighted by Gasteiger charge is -2.25. The van der Waals surface area contributed by atoms with Gasteiger partial charge in [0.15, 0.2) is 6.10 Å². The molecule has 2 unspecified atom stereocenters. The fraction of sp³-hybridized carbons (Fsp3) is 0.952. The summed E-state index contributed by atoms with van der Waals surface area (Å²) in [5, 5.41) is 9.68. The average molecular weight is 1020 g/mol. The SMILES string of the molecule is CCCCCCCCCCCCCCCCCCCCCCCCCCCCCCCCCCCCCCC(=O)OC(COC(=O)CCCCCCCCCCCCC)COC(OCC[N+](C)(C)C)C(=O)O. The van der Waals surface area contributed by atoms with E-state index in [1.165, 1.54) is 263 Å². The zero-order chi connectivity index (χ0) is 52.7. The van der Waals surface area contributed by atoms with Crippen molar-refractivity contribution in [3.05, 3.63) is 0 Å². The maximum atomic E-state index is 12.9. The molecule has 0 fully saturated rings. The van der Waals surface area contributed by atoms with Crippen LogP contribution in [0.25, 0.3) is 0 Å². The average Bonchev–Trinajstić information content (AvgIpc) is 3.35. The molecule has 0 aromatic carbocycles. The summed E-state index contributed by atoms with van der Waals surface area (Å²) < 4.78 is 22.9. The summed E-state index contributed by atoms with van der Waals surface area (Å²) in [6, 6.07) is 0. The number of nitrogens with zero attached hydrogens (tertiary/aromatic N) is 1. The van der Waals surface area contributed by atoms with Gasteiger partial charge in [-0.2, -0.15) is 0 Å². The van der Waals surface area contributed by atoms with E-state index in [0.29, 0.717) is 17.4 Å². The maximum Gasteiger partial charge on any atom is 0.361 e. The number of carbonyl (C=O) groups excluding carboxylic acids is 2. The quantitative estimate of drug-likeness (QED) is 0.0278. The maximum absolute atomic E-state index is 12.9. The molecule has 0 spiro atoms. The van der Waals surface area contributed by atoms with E-state index in [4.69, 9.17) is 18.9 Å². The van der Waals surface area contributed by atoms with Gasteiger partial charge < -0.3 is 28.5 Å². The number of hydrogen-bond donors (Lipinski definition) is 1. The fourth-order valence-electron chi connectivity index (χ4n) is 9.72. The van der Waals surface area contributed by atoms with Gasteiger partial charge in [0, 0.05) is 12.8 Å². The predicted molar refractivity (Wildman–Crippen MR) is 305 cm³/mol. The van der Waals surface area contributed by atoms with E-state index in [1.54, 1.807) is 0 Å². The van der Waals surface area contributed by atoms with Crippen molar-refractivity contribution in [1.82, 2.24) is 0 Å². The molecule has 9 nitrogen and oxygen atoms in total. The zero-order valence-corrected chi connectivity index (χ0v) is 48.9. The van der Waals surface area contributed by atoms with Crippen LogP contribution in [0.2, 0.25) is 0 Å². The van der Waals surface area contributed by atoms with Crippen LogP contribution in [0.1, 0.15) is 328 Å². The number of quaternary nitrogens is 1. The minimum atomic E-state index is -1.50. The molecule has 0 aromatic heterocycles. The third-order valence-corrected chi connectivity index (χ3v) is 14.6. The van der Waals surface area contributed by atoms with Gasteiger partial charge in [0.1, 0.15) is 13.2 Å². The molecular formula is C63H124NO8+. The second kappa shape index (κ2) is 55.5. The second-order valence-corrected chi connectivity index (χ2v) is 23.1. The van der Waals surface area contributed by atoms with Gasteiger partial charge in [-0.15, -0.1) is 0 Å². The molecule has 0 bridgehead atoms. The third kappa shape index (κ3) is 56.0. The Morgan fingerprint density at radius 2 is 0.625 bits per heavy atom. The number of likely N-dealkylation sites (N-methyl/N-ethyl adjacent to an activating group) is 1. The first-order valence-corrected chi connectivity index (χ1v) is 31.7. The first kappa shape index (κ1) is 70.3. The van der Waals surface area contributed by atoms with Crippen molar-refractivity contribution in [2.45, 2.75) is 341 Å². The largest absolute Gasteiger partial charge is 0.477 e. The minimum Gasteiger partial charge on any atom is -0.477 e. The summed E-state index contributed by atoms with van der Waals surface area (Å²) in [7, 11) is 5.98. The number of rotatable bonds is 60. The lowest BCUT2D eigenvalue weighted by atomic mass is 10.0. The Morgan fingerprint density at radius 3 is 0.889 bits per heavy atom. The third-order valence-electron chi connectivity index (χ3n) is 14.6. The van der Waals surface area contributed by atoms with E-state index >= 15 is 0 Å². The van der Waals surface area contributed by atoms with Gasteiger partial charge in [0.2, 0.25) is 0 Å². The molecule has 2 atom stereocenters. The Morgan fingerprint density at radius 1 is 0.361 bits per heavy atom. The van der Waals surface area contributed by atoms with Crippen molar-refractivity contribution in [2.75, 3.05) is 47.5 Å². The van der Waals surface area contributed by atoms with Gasteiger partial charge >= 0.3 is 17.9 Å². The smallest absolute Gasteiger partial charge is 0.361 e. The summed E-state index contributed by atoms with van der Waals surface area (Å²) in [6.07, 6.45) is 60.9. The molecule has 0 rings (SSSR count). The number of carbonyl (C=O) groups is 3. The van der Waals surface area contributed by atoms with E-state index in [1.807, 2.05) is 21.1 Å². The van der Waals surface area contributed by atoms with Gasteiger partial charge in [-0.3, -0.25) is 9.59 Å². The Labute approximate surface area is 447 Å². The highest BCUT2D eigenvalue weighted by atomic mass is 16.7. The number of carboxylic acid groups (broad SMARTS) is 1. The molecule has 0 radical (unpaired) electrons. The van der Waals surface area contributed by atoms with Crippen molar-refractivity contribution in [3.8, 4) is 0 Å². The lowest BCUT2D eigenvalue weighted by Crippen LogP contribution is -2.40. The summed E-state index contributed by atoms with van der Waals surface area (Å²) in [5.74, 6) is -1.98. The summed E-state index contributed by atoms with van der Waals surface area (Å²) in [6.45, 7) is 4.93. The Hall–Kier alpha value is -1.71. The van der Waals surface area contributed by atoms with Crippen molar-refractivity contribution in [1.29, 1.82) is 0 Å². The molecule has 0 aliphatic rings. The lowest BCUT2D eigenvalue weighted by molar-refractivity contribution is -0.870. The molecule has 0 saturated carbocycles. The molecule has 0 heterocycles. The molecule has 0 aliphatic carbocycles. The highest BCUT2D eigenvalue weighted by Crippen LogP contribution is 2.19. The standard InChI is InChI=1S/C63H123NO8/c1-6-8-10-12-14-16-18-19-20-21-22-23-24-25-26-27-28-29-30-31-32-33-34-35-36-37-38-39-40-41-42-44-46-48-50-52-54-61(66)72-59(58-71-63(62(67)68)69-56-55-64(3,4)5)57-70-60(65)53-51-49-47-45-43-17-15-13-11-9-7-2/h59,63H,6-58H2,1-5H3/p+1. The molecule has 0 saturated heterocycles. The number of hydrogen-bond acceptors (Lipinski definition) is 7. The second-order valence-electron chi connectivity index (χ2n) is 23.1. The molecule has 9 heteroatoms. The number of aliphatic carboxylic acids is 1. The number of esters is 2. The van der Waals surface area contributed by atoms with E-state index in [2.05, 4.69) is 13.8 Å². The van der Waals surface area contributed by atoms with Crippen LogP contribution in [0.5, 0.6) is 0 Å². The summed E-state index contributed by atoms with van der Waals surface area (Å²) in [5.41, 5.74) is 0. The first-order chi connectivity index (χ1) is 35.1. The van der Waals surface area contributed by atoms with Crippen LogP contribution in [-0.2, 0) is 33.3 Å². The molecular weight excluding hydrogens is 899 g/mol. The first-order valence-electron chi connectivity index (χ1n) is 31.7. The number of ether oxygens (including phenoxy) is 4. The normalized spacial score (nSPS) is 12.6. The van der Waals surface area contributed by atoms with E-state index in [9.17, 15) is 19.5 Å². The van der Waals surface area contributed by atoms with Crippen LogP contribution < -0.4 is 0 Å². The highest BCUT2D eigenvalue weighted by Gasteiger charge is 2.25. The van der Waals surface area contributed by atoms with Crippen LogP contribution in [0, 0.1) is 0 Å². The molecule has 1 N–H and O–H groups in total. The van der Waals surface area contributed by atoms with Crippen molar-refractivity contribution in [2.24, 2.45) is 0 Å². The van der Waals surface area contributed by atoms with Crippen LogP contribution in [0.15, 0.2) is 0 Å². The van der Waals surface area contributed by atoms with Crippen LogP contribution in [0.3, 0.4) is 0 Å². The van der Waals surface area contributed by atoms with Gasteiger partial charge in [-0.1, -0.05) is 303 Å². The fourth-order valence-corrected chi connectivity index (χ4v) is 9.72. The van der Waals surface area contributed by atoms with Gasteiger partial charge in [0.05, 0.1) is 34.4 Å². The van der Waals surface area contributed by atoms with Gasteiger partial charge in [-0.25, -0.2) is 4.79 Å². The van der Waals surface area contributed by atoms with Crippen molar-refractivity contribution >= 4 is 17.9 Å². The Bertz CT molecular complexity index is 1140. The van der Waals surface area contributed by atoms with Crippen molar-refractivity contribution in [3.63, 3.8) is 0 Å². The van der Waals surface area contributed by atoms with Crippen LogP contribution in [-0.4, -0.2) is 87.4 Å². The molecule has 0 aliphatic heterocycles. The number of unbranched alkanes of at least 4 members (excludes halogenated alkanes) is 45. The van der Waals surface area contributed by atoms with E-state index in [-0.39, 0.29) is 38.2 Å². The van der Waals surface area contributed by atoms with Crippen LogP contribution >= 0.6 is 0 Å². The summed E-state index contributed by atoms with van der Waals surface area (Å²) >= 11 is 0. The van der Waals surface area contributed by atoms with Gasteiger partial charge in [0.25, 0.3) is 6.29 Å². The monoisotopic (exact) mass is 1020 g/mol. The zero-order valence-electron chi connectivity index (χ0n) is 48.9. The minimum absolute atomic E-state index is 0.173. The van der Waals surface area contributed by atoms with Gasteiger partial charge in [-0.05, 0) is 12.8 Å². The van der Waals surface area contributed by atoms with E-state index in [0.717, 1.165) is 38.5 Å². The number of carboxylic acids is 1. The highest BCUT2D eigenvalue weighted by molar-refractivity contribution is 5.71. The summed E-state index contributed by atoms with van der Waals surface area (Å²) in [4.78, 5) is 37.3. The topological polar surface area (TPSA) is 108 Å². The Balaban J connectivity index is 3.89. The molecule has 0 aromatic rings. The molecule has 72 heavy (non-hydrogen) atoms. The molecule has 428 valence electrons. The van der Waals surface area contributed by atoms with Crippen LogP contribution in [0.4, 0.5) is 0 Å².